The van der Waals surface area contributed by atoms with E-state index in [0.29, 0.717) is 16.7 Å². The van der Waals surface area contributed by atoms with E-state index < -0.39 is 17.8 Å². The number of benzene rings is 2. The first-order chi connectivity index (χ1) is 18.7. The van der Waals surface area contributed by atoms with Gasteiger partial charge in [-0.3, -0.25) is 14.3 Å². The van der Waals surface area contributed by atoms with Crippen LogP contribution in [0, 0.1) is 0 Å². The Morgan fingerprint density at radius 2 is 1.79 bits per heavy atom. The molecule has 2 aromatic carbocycles. The first-order valence-corrected chi connectivity index (χ1v) is 12.3. The molecule has 2 amide bonds. The van der Waals surface area contributed by atoms with Crippen LogP contribution in [0.15, 0.2) is 61.1 Å². The van der Waals surface area contributed by atoms with Crippen LogP contribution >= 0.6 is 0 Å². The minimum atomic E-state index is -4.54. The number of rotatable bonds is 6. The largest absolute Gasteiger partial charge is 0.439 e. The number of hydrogen-bond acceptors (Lipinski definition) is 6. The summed E-state index contributed by atoms with van der Waals surface area (Å²) >= 11 is 0. The fraction of sp³-hybridized carbons (Fsp3) is 0.259. The van der Waals surface area contributed by atoms with Gasteiger partial charge in [-0.2, -0.15) is 13.2 Å². The molecule has 5 rings (SSSR count). The zero-order valence-corrected chi connectivity index (χ0v) is 21.0. The summed E-state index contributed by atoms with van der Waals surface area (Å²) < 4.78 is 48.5. The Hall–Kier alpha value is -4.45. The van der Waals surface area contributed by atoms with Gasteiger partial charge in [0, 0.05) is 36.8 Å². The van der Waals surface area contributed by atoms with E-state index in [0.717, 1.165) is 32.0 Å². The molecule has 0 radical (unpaired) electrons. The van der Waals surface area contributed by atoms with Crippen molar-refractivity contribution in [1.29, 1.82) is 0 Å². The van der Waals surface area contributed by atoms with Crippen molar-refractivity contribution in [3.8, 4) is 11.6 Å². The van der Waals surface area contributed by atoms with Crippen molar-refractivity contribution in [2.45, 2.75) is 32.5 Å². The van der Waals surface area contributed by atoms with E-state index in [1.165, 1.54) is 42.2 Å². The van der Waals surface area contributed by atoms with Gasteiger partial charge in [-0.1, -0.05) is 6.07 Å². The predicted octanol–water partition coefficient (Wildman–Crippen LogP) is 5.88. The zero-order chi connectivity index (χ0) is 27.6. The van der Waals surface area contributed by atoms with Crippen LogP contribution in [0.3, 0.4) is 0 Å². The average molecular weight is 539 g/mol. The zero-order valence-electron chi connectivity index (χ0n) is 21.0. The van der Waals surface area contributed by atoms with Crippen LogP contribution in [0.4, 0.5) is 29.5 Å². The summed E-state index contributed by atoms with van der Waals surface area (Å²) in [5.41, 5.74) is 0.0215. The molecule has 0 atom stereocenters. The van der Waals surface area contributed by atoms with Gasteiger partial charge in [-0.05, 0) is 67.9 Å². The molecule has 0 spiro atoms. The highest BCUT2D eigenvalue weighted by atomic mass is 19.4. The van der Waals surface area contributed by atoms with Crippen LogP contribution in [-0.4, -0.2) is 44.5 Å². The van der Waals surface area contributed by atoms with Crippen molar-refractivity contribution in [2.24, 2.45) is 0 Å². The number of anilines is 2. The molecule has 1 aliphatic rings. The van der Waals surface area contributed by atoms with E-state index in [9.17, 15) is 22.8 Å². The number of alkyl halides is 3. The van der Waals surface area contributed by atoms with Gasteiger partial charge in [-0.25, -0.2) is 14.8 Å². The Balaban J connectivity index is 1.32. The first-order valence-electron chi connectivity index (χ1n) is 12.3. The van der Waals surface area contributed by atoms with E-state index in [2.05, 4.69) is 20.6 Å². The third-order valence-corrected chi connectivity index (χ3v) is 6.31. The van der Waals surface area contributed by atoms with E-state index in [1.54, 1.807) is 24.3 Å². The Labute approximate surface area is 221 Å². The van der Waals surface area contributed by atoms with Crippen LogP contribution in [-0.2, 0) is 17.5 Å². The number of halogens is 3. The molecule has 4 aromatic rings. The van der Waals surface area contributed by atoms with Crippen LogP contribution < -0.4 is 15.4 Å². The first kappa shape index (κ1) is 26.2. The quantitative estimate of drug-likeness (QED) is 0.318. The molecule has 0 bridgehead atoms. The number of ether oxygens (including phenoxy) is 1. The summed E-state index contributed by atoms with van der Waals surface area (Å²) in [6.45, 7) is 3.14. The molecule has 12 heteroatoms. The van der Waals surface area contributed by atoms with Crippen molar-refractivity contribution in [3.05, 3.63) is 72.2 Å². The maximum Gasteiger partial charge on any atom is 0.416 e. The number of nitrogens with one attached hydrogen (secondary N) is 2. The number of carbonyl (C=O) groups is 2. The maximum atomic E-state index is 13.8. The SMILES string of the molecule is CC(=O)Nc1cc(Oc2ccc3c(ccn3C(=O)Nc3ccc(CN4CCCC4)c(C(F)(F)F)c3)c2)ncn1. The highest BCUT2D eigenvalue weighted by Gasteiger charge is 2.34. The smallest absolute Gasteiger partial charge is 0.416 e. The number of hydrogen-bond donors (Lipinski definition) is 2. The summed E-state index contributed by atoms with van der Waals surface area (Å²) in [4.78, 5) is 34.2. The summed E-state index contributed by atoms with van der Waals surface area (Å²) in [5, 5.41) is 5.78. The minimum absolute atomic E-state index is 0.0537. The fourth-order valence-corrected chi connectivity index (χ4v) is 4.55. The van der Waals surface area contributed by atoms with E-state index in [4.69, 9.17) is 4.74 Å². The van der Waals surface area contributed by atoms with Gasteiger partial charge in [0.15, 0.2) is 0 Å². The molecule has 1 fully saturated rings. The van der Waals surface area contributed by atoms with Crippen molar-refractivity contribution in [3.63, 3.8) is 0 Å². The molecule has 1 aliphatic heterocycles. The normalized spacial score (nSPS) is 13.9. The second kappa shape index (κ2) is 10.7. The lowest BCUT2D eigenvalue weighted by atomic mass is 10.1. The van der Waals surface area contributed by atoms with Crippen LogP contribution in [0.2, 0.25) is 0 Å². The third kappa shape index (κ3) is 6.17. The highest BCUT2D eigenvalue weighted by molar-refractivity contribution is 5.98. The predicted molar refractivity (Wildman–Crippen MR) is 139 cm³/mol. The molecular formula is C27H25F3N6O3. The Morgan fingerprint density at radius 1 is 1.00 bits per heavy atom. The molecular weight excluding hydrogens is 513 g/mol. The Morgan fingerprint density at radius 3 is 2.54 bits per heavy atom. The lowest BCUT2D eigenvalue weighted by Gasteiger charge is -2.20. The fourth-order valence-electron chi connectivity index (χ4n) is 4.55. The number of fused-ring (bicyclic) bond motifs is 1. The Bertz CT molecular complexity index is 1530. The molecule has 1 saturated heterocycles. The standard InChI is InChI=1S/C27H25F3N6O3/c1-17(37)33-24-14-25(32-16-31-24)39-21-6-7-23-18(12-21)8-11-36(23)26(38)34-20-5-4-19(15-35-9-2-3-10-35)22(13-20)27(28,29)30/h4-8,11-14,16H,2-3,9-10,15H2,1H3,(H,34,38)(H,31,32,33,37). The third-order valence-electron chi connectivity index (χ3n) is 6.31. The molecule has 0 saturated carbocycles. The molecule has 0 unspecified atom stereocenters. The molecule has 202 valence electrons. The number of nitrogens with zero attached hydrogens (tertiary/aromatic N) is 4. The molecule has 2 aromatic heterocycles. The van der Waals surface area contributed by atoms with Gasteiger partial charge < -0.3 is 15.4 Å². The van der Waals surface area contributed by atoms with Crippen molar-refractivity contribution in [2.75, 3.05) is 23.7 Å². The van der Waals surface area contributed by atoms with Gasteiger partial charge in [0.1, 0.15) is 17.9 Å². The lowest BCUT2D eigenvalue weighted by Crippen LogP contribution is -2.22. The summed E-state index contributed by atoms with van der Waals surface area (Å²) in [7, 11) is 0. The summed E-state index contributed by atoms with van der Waals surface area (Å²) in [5.74, 6) is 0.637. The van der Waals surface area contributed by atoms with Gasteiger partial charge >= 0.3 is 12.2 Å². The van der Waals surface area contributed by atoms with E-state index in [1.807, 2.05) is 4.90 Å². The minimum Gasteiger partial charge on any atom is -0.439 e. The Kier molecular flexibility index (Phi) is 7.20. The maximum absolute atomic E-state index is 13.8. The number of likely N-dealkylation sites (tertiary alicyclic amines) is 1. The number of carbonyl (C=O) groups excluding carboxylic acids is 2. The molecule has 39 heavy (non-hydrogen) atoms. The van der Waals surface area contributed by atoms with Crippen LogP contribution in [0.5, 0.6) is 11.6 Å². The van der Waals surface area contributed by atoms with Gasteiger partial charge in [0.25, 0.3) is 0 Å². The molecule has 9 nitrogen and oxygen atoms in total. The molecule has 3 heterocycles. The topological polar surface area (TPSA) is 101 Å². The highest BCUT2D eigenvalue weighted by Crippen LogP contribution is 2.35. The van der Waals surface area contributed by atoms with Crippen LogP contribution in [0.1, 0.15) is 30.9 Å². The van der Waals surface area contributed by atoms with Gasteiger partial charge in [0.2, 0.25) is 11.8 Å². The van der Waals surface area contributed by atoms with E-state index in [-0.39, 0.29) is 35.4 Å². The average Bonchev–Trinajstić information content (AvgIpc) is 3.54. The van der Waals surface area contributed by atoms with Crippen molar-refractivity contribution >= 4 is 34.3 Å². The second-order valence-corrected chi connectivity index (χ2v) is 9.21. The van der Waals surface area contributed by atoms with Gasteiger partial charge in [0.05, 0.1) is 11.1 Å². The lowest BCUT2D eigenvalue weighted by molar-refractivity contribution is -0.138. The van der Waals surface area contributed by atoms with Crippen molar-refractivity contribution < 1.29 is 27.5 Å². The van der Waals surface area contributed by atoms with Crippen LogP contribution in [0.25, 0.3) is 10.9 Å². The molecule has 0 aliphatic carbocycles. The monoisotopic (exact) mass is 538 g/mol. The van der Waals surface area contributed by atoms with E-state index >= 15 is 0 Å². The second-order valence-electron chi connectivity index (χ2n) is 9.21. The van der Waals surface area contributed by atoms with Gasteiger partial charge in [-0.15, -0.1) is 0 Å². The summed E-state index contributed by atoms with van der Waals surface area (Å²) in [6, 6.07) is 11.4. The number of aromatic nitrogens is 3. The van der Waals surface area contributed by atoms with Crippen molar-refractivity contribution in [1.82, 2.24) is 19.4 Å². The molecule has 2 N–H and O–H groups in total. The number of amides is 2. The summed E-state index contributed by atoms with van der Waals surface area (Å²) in [6.07, 6.45) is 0.194.